The van der Waals surface area contributed by atoms with Crippen LogP contribution in [0.2, 0.25) is 0 Å². The first-order chi connectivity index (χ1) is 13.1. The molecule has 0 aliphatic heterocycles. The molecule has 2 N–H and O–H groups in total. The zero-order chi connectivity index (χ0) is 19.1. The van der Waals surface area contributed by atoms with Crippen LogP contribution in [0.4, 0.5) is 0 Å². The van der Waals surface area contributed by atoms with Gasteiger partial charge in [0.15, 0.2) is 5.16 Å². The van der Waals surface area contributed by atoms with Crippen LogP contribution in [0.3, 0.4) is 0 Å². The van der Waals surface area contributed by atoms with Gasteiger partial charge in [0.05, 0.1) is 12.8 Å². The second kappa shape index (κ2) is 9.41. The number of hydrogen-bond donors (Lipinski definition) is 1. The molecule has 2 heterocycles. The number of rotatable bonds is 10. The van der Waals surface area contributed by atoms with E-state index < -0.39 is 0 Å². The van der Waals surface area contributed by atoms with Crippen molar-refractivity contribution in [3.63, 3.8) is 0 Å². The van der Waals surface area contributed by atoms with Gasteiger partial charge in [-0.1, -0.05) is 49.0 Å². The third kappa shape index (κ3) is 5.72. The lowest BCUT2D eigenvalue weighted by atomic mass is 10.1. The predicted molar refractivity (Wildman–Crippen MR) is 105 cm³/mol. The maximum Gasteiger partial charge on any atom is 0.217 e. The molecule has 7 heteroatoms. The van der Waals surface area contributed by atoms with Gasteiger partial charge in [-0.2, -0.15) is 0 Å². The van der Waals surface area contributed by atoms with E-state index in [-0.39, 0.29) is 12.3 Å². The molecule has 1 unspecified atom stereocenters. The third-order valence-corrected chi connectivity index (χ3v) is 5.42. The Hall–Kier alpha value is -2.54. The summed E-state index contributed by atoms with van der Waals surface area (Å²) in [6.45, 7) is 2.74. The fraction of sp³-hybridized carbons (Fsp3) is 0.350. The van der Waals surface area contributed by atoms with E-state index in [1.165, 1.54) is 5.56 Å². The largest absolute Gasteiger partial charge is 0.467 e. The van der Waals surface area contributed by atoms with E-state index in [2.05, 4.69) is 41.4 Å². The van der Waals surface area contributed by atoms with Crippen LogP contribution in [0.25, 0.3) is 0 Å². The number of nitrogens with two attached hydrogens (primary N) is 1. The monoisotopic (exact) mass is 384 g/mol. The van der Waals surface area contributed by atoms with Gasteiger partial charge >= 0.3 is 0 Å². The summed E-state index contributed by atoms with van der Waals surface area (Å²) >= 11 is 1.70. The number of furan rings is 1. The van der Waals surface area contributed by atoms with Gasteiger partial charge in [-0.25, -0.2) is 0 Å². The fourth-order valence-corrected chi connectivity index (χ4v) is 3.78. The summed E-state index contributed by atoms with van der Waals surface area (Å²) in [5, 5.41) is 9.86. The van der Waals surface area contributed by atoms with Crippen LogP contribution in [0.1, 0.15) is 36.9 Å². The Balaban J connectivity index is 1.68. The number of nitrogens with zero attached hydrogens (tertiary/aromatic N) is 3. The van der Waals surface area contributed by atoms with Gasteiger partial charge in [0.1, 0.15) is 11.6 Å². The number of aromatic nitrogens is 3. The minimum Gasteiger partial charge on any atom is -0.467 e. The molecule has 27 heavy (non-hydrogen) atoms. The molecule has 6 nitrogen and oxygen atoms in total. The SMILES string of the molecule is CC(CCc1ccccc1)Sc1nnc(CCC(N)=O)n1Cc1ccco1. The average Bonchev–Trinajstić information content (AvgIpc) is 3.30. The number of thioether (sulfide) groups is 1. The van der Waals surface area contributed by atoms with E-state index in [9.17, 15) is 4.79 Å². The van der Waals surface area contributed by atoms with Gasteiger partial charge in [0.2, 0.25) is 5.91 Å². The van der Waals surface area contributed by atoms with Crippen LogP contribution in [0.5, 0.6) is 0 Å². The third-order valence-electron chi connectivity index (χ3n) is 4.27. The summed E-state index contributed by atoms with van der Waals surface area (Å²) in [7, 11) is 0. The maximum absolute atomic E-state index is 11.1. The van der Waals surface area contributed by atoms with Crippen molar-refractivity contribution < 1.29 is 9.21 Å². The van der Waals surface area contributed by atoms with Crippen LogP contribution in [0, 0.1) is 0 Å². The second-order valence-electron chi connectivity index (χ2n) is 6.48. The molecule has 0 spiro atoms. The Morgan fingerprint density at radius 2 is 2.00 bits per heavy atom. The van der Waals surface area contributed by atoms with Crippen molar-refractivity contribution in [2.75, 3.05) is 0 Å². The van der Waals surface area contributed by atoms with E-state index >= 15 is 0 Å². The molecule has 0 aliphatic rings. The highest BCUT2D eigenvalue weighted by Crippen LogP contribution is 2.26. The van der Waals surface area contributed by atoms with E-state index in [1.807, 2.05) is 22.8 Å². The molecule has 1 aromatic carbocycles. The topological polar surface area (TPSA) is 86.9 Å². The fourth-order valence-electron chi connectivity index (χ4n) is 2.80. The van der Waals surface area contributed by atoms with Crippen molar-refractivity contribution in [2.45, 2.75) is 49.6 Å². The number of amides is 1. The van der Waals surface area contributed by atoms with Gasteiger partial charge in [-0.15, -0.1) is 10.2 Å². The minimum absolute atomic E-state index is 0.254. The van der Waals surface area contributed by atoms with Crippen molar-refractivity contribution in [2.24, 2.45) is 5.73 Å². The van der Waals surface area contributed by atoms with Crippen molar-refractivity contribution in [1.29, 1.82) is 0 Å². The molecule has 0 aliphatic carbocycles. The summed E-state index contributed by atoms with van der Waals surface area (Å²) in [6, 6.07) is 14.3. The molecule has 0 saturated carbocycles. The highest BCUT2D eigenvalue weighted by atomic mass is 32.2. The van der Waals surface area contributed by atoms with Gasteiger partial charge in [0.25, 0.3) is 0 Å². The second-order valence-corrected chi connectivity index (χ2v) is 7.89. The summed E-state index contributed by atoms with van der Waals surface area (Å²) in [5.74, 6) is 1.24. The average molecular weight is 385 g/mol. The first kappa shape index (κ1) is 19.2. The normalized spacial score (nSPS) is 12.2. The molecular weight excluding hydrogens is 360 g/mol. The van der Waals surface area contributed by atoms with Gasteiger partial charge in [-0.3, -0.25) is 9.36 Å². The van der Waals surface area contributed by atoms with E-state index in [4.69, 9.17) is 10.2 Å². The Labute approximate surface area is 163 Å². The molecular formula is C20H24N4O2S. The lowest BCUT2D eigenvalue weighted by Crippen LogP contribution is -2.14. The highest BCUT2D eigenvalue weighted by molar-refractivity contribution is 7.99. The summed E-state index contributed by atoms with van der Waals surface area (Å²) in [5.41, 5.74) is 6.63. The highest BCUT2D eigenvalue weighted by Gasteiger charge is 2.17. The zero-order valence-corrected chi connectivity index (χ0v) is 16.2. The Morgan fingerprint density at radius 3 is 2.70 bits per heavy atom. The first-order valence-electron chi connectivity index (χ1n) is 9.05. The lowest BCUT2D eigenvalue weighted by molar-refractivity contribution is -0.118. The predicted octanol–water partition coefficient (Wildman–Crippen LogP) is 3.45. The van der Waals surface area contributed by atoms with Crippen molar-refractivity contribution in [3.8, 4) is 0 Å². The molecule has 0 bridgehead atoms. The van der Waals surface area contributed by atoms with Crippen molar-refractivity contribution in [3.05, 3.63) is 65.9 Å². The lowest BCUT2D eigenvalue weighted by Gasteiger charge is -2.13. The molecule has 1 amide bonds. The van der Waals surface area contributed by atoms with E-state index in [0.717, 1.165) is 29.6 Å². The molecule has 0 saturated heterocycles. The van der Waals surface area contributed by atoms with Crippen LogP contribution in [-0.4, -0.2) is 25.9 Å². The minimum atomic E-state index is -0.340. The molecule has 142 valence electrons. The van der Waals surface area contributed by atoms with Crippen LogP contribution >= 0.6 is 11.8 Å². The number of primary amides is 1. The molecule has 3 aromatic rings. The van der Waals surface area contributed by atoms with Gasteiger partial charge < -0.3 is 10.2 Å². The molecule has 1 atom stereocenters. The van der Waals surface area contributed by atoms with Gasteiger partial charge in [0, 0.05) is 18.1 Å². The van der Waals surface area contributed by atoms with Crippen LogP contribution < -0.4 is 5.73 Å². The summed E-state index contributed by atoms with van der Waals surface area (Å²) < 4.78 is 7.49. The molecule has 0 fully saturated rings. The zero-order valence-electron chi connectivity index (χ0n) is 15.4. The quantitative estimate of drug-likeness (QED) is 0.541. The molecule has 0 radical (unpaired) electrons. The number of benzene rings is 1. The van der Waals surface area contributed by atoms with E-state index in [1.54, 1.807) is 18.0 Å². The number of carbonyl (C=O) groups excluding carboxylic acids is 1. The first-order valence-corrected chi connectivity index (χ1v) is 9.93. The van der Waals surface area contributed by atoms with Crippen LogP contribution in [0.15, 0.2) is 58.3 Å². The molecule has 3 rings (SSSR count). The maximum atomic E-state index is 11.1. The van der Waals surface area contributed by atoms with E-state index in [0.29, 0.717) is 18.2 Å². The smallest absolute Gasteiger partial charge is 0.217 e. The Bertz CT molecular complexity index is 846. The number of carbonyl (C=O) groups is 1. The standard InChI is InChI=1S/C20H24N4O2S/c1-15(9-10-16-6-3-2-4-7-16)27-20-23-22-19(12-11-18(21)25)24(20)14-17-8-5-13-26-17/h2-8,13,15H,9-12,14H2,1H3,(H2,21,25). The van der Waals surface area contributed by atoms with Crippen molar-refractivity contribution in [1.82, 2.24) is 14.8 Å². The Kier molecular flexibility index (Phi) is 6.70. The summed E-state index contributed by atoms with van der Waals surface area (Å²) in [6.07, 6.45) is 4.44. The van der Waals surface area contributed by atoms with Crippen LogP contribution in [-0.2, 0) is 24.2 Å². The van der Waals surface area contributed by atoms with Crippen molar-refractivity contribution >= 4 is 17.7 Å². The Morgan fingerprint density at radius 1 is 1.19 bits per heavy atom. The summed E-state index contributed by atoms with van der Waals surface area (Å²) in [4.78, 5) is 11.1. The number of hydrogen-bond acceptors (Lipinski definition) is 5. The molecule has 2 aromatic heterocycles. The van der Waals surface area contributed by atoms with Gasteiger partial charge in [-0.05, 0) is 30.5 Å². The number of aryl methyl sites for hydroxylation is 2.